The number of nitrogens with zero attached hydrogens (tertiary/aromatic N) is 2. The molecule has 2 aliphatic heterocycles. The molecule has 0 N–H and O–H groups in total. The molecule has 2 unspecified atom stereocenters. The quantitative estimate of drug-likeness (QED) is 0.729. The molecule has 0 aromatic rings. The highest BCUT2D eigenvalue weighted by Crippen LogP contribution is 2.28. The van der Waals surface area contributed by atoms with Crippen LogP contribution in [0.4, 0.5) is 0 Å². The van der Waals surface area contributed by atoms with Gasteiger partial charge in [0.05, 0.1) is 6.54 Å². The molecule has 2 rings (SSSR count). The van der Waals surface area contributed by atoms with Crippen LogP contribution in [-0.2, 0) is 0 Å². The third kappa shape index (κ3) is 3.07. The summed E-state index contributed by atoms with van der Waals surface area (Å²) in [5.74, 6) is 2.61. The smallest absolute Gasteiger partial charge is 0.159 e. The van der Waals surface area contributed by atoms with E-state index in [4.69, 9.17) is 0 Å². The fraction of sp³-hybridized carbons (Fsp3) is 0.900. The molecular weight excluding hydrogens is 292 g/mol. The van der Waals surface area contributed by atoms with Crippen LogP contribution in [0.2, 0.25) is 0 Å². The molecular formula is C10H17BrN2S2. The van der Waals surface area contributed by atoms with E-state index in [9.17, 15) is 0 Å². The minimum absolute atomic E-state index is 0.652. The number of hydrogen-bond acceptors (Lipinski definition) is 4. The summed E-state index contributed by atoms with van der Waals surface area (Å²) in [5.41, 5.74) is 0. The number of halogens is 1. The molecule has 0 radical (unpaired) electrons. The lowest BCUT2D eigenvalue weighted by molar-refractivity contribution is 0.373. The lowest BCUT2D eigenvalue weighted by atomic mass is 10.2. The van der Waals surface area contributed by atoms with Crippen molar-refractivity contribution in [1.82, 2.24) is 4.90 Å². The highest BCUT2D eigenvalue weighted by Gasteiger charge is 2.26. The summed E-state index contributed by atoms with van der Waals surface area (Å²) >= 11 is 7.55. The maximum Gasteiger partial charge on any atom is 0.159 e. The van der Waals surface area contributed by atoms with Crippen molar-refractivity contribution in [3.63, 3.8) is 0 Å². The van der Waals surface area contributed by atoms with Gasteiger partial charge in [0.25, 0.3) is 0 Å². The molecule has 2 aliphatic rings. The summed E-state index contributed by atoms with van der Waals surface area (Å²) < 4.78 is 0. The van der Waals surface area contributed by atoms with Gasteiger partial charge >= 0.3 is 0 Å². The minimum Gasteiger partial charge on any atom is -0.351 e. The van der Waals surface area contributed by atoms with Gasteiger partial charge < -0.3 is 4.90 Å². The standard InChI is InChI=1S/C10H17BrN2S2/c1-13(8-3-2-4-14-7-8)10-12-6-9(5-11)15-10/h8-9H,2-7H2,1H3. The molecule has 0 saturated carbocycles. The van der Waals surface area contributed by atoms with Gasteiger partial charge in [0.1, 0.15) is 0 Å². The Labute approximate surface area is 109 Å². The summed E-state index contributed by atoms with van der Waals surface area (Å²) in [6, 6.07) is 0.712. The Balaban J connectivity index is 1.87. The van der Waals surface area contributed by atoms with Crippen LogP contribution in [0.1, 0.15) is 12.8 Å². The largest absolute Gasteiger partial charge is 0.351 e. The maximum atomic E-state index is 4.63. The van der Waals surface area contributed by atoms with Crippen LogP contribution in [0.25, 0.3) is 0 Å². The van der Waals surface area contributed by atoms with Crippen molar-refractivity contribution in [2.45, 2.75) is 24.1 Å². The van der Waals surface area contributed by atoms with Gasteiger partial charge in [0, 0.05) is 29.4 Å². The second-order valence-corrected chi connectivity index (χ2v) is 7.06. The number of amidine groups is 1. The van der Waals surface area contributed by atoms with Gasteiger partial charge in [-0.1, -0.05) is 27.7 Å². The number of rotatable bonds is 2. The molecule has 0 spiro atoms. The molecule has 0 aliphatic carbocycles. The Morgan fingerprint density at radius 2 is 2.47 bits per heavy atom. The number of alkyl halides is 1. The Bertz CT molecular complexity index is 242. The zero-order valence-electron chi connectivity index (χ0n) is 8.99. The Morgan fingerprint density at radius 1 is 1.60 bits per heavy atom. The average Bonchev–Trinajstić information content (AvgIpc) is 2.78. The van der Waals surface area contributed by atoms with Crippen molar-refractivity contribution in [2.75, 3.05) is 30.4 Å². The van der Waals surface area contributed by atoms with Gasteiger partial charge in [-0.3, -0.25) is 4.99 Å². The van der Waals surface area contributed by atoms with E-state index < -0.39 is 0 Å². The first kappa shape index (κ1) is 12.1. The molecule has 1 fully saturated rings. The summed E-state index contributed by atoms with van der Waals surface area (Å²) in [4.78, 5) is 7.03. The van der Waals surface area contributed by atoms with E-state index in [1.165, 1.54) is 29.5 Å². The molecule has 2 nitrogen and oxygen atoms in total. The van der Waals surface area contributed by atoms with Crippen molar-refractivity contribution in [3.8, 4) is 0 Å². The van der Waals surface area contributed by atoms with Crippen molar-refractivity contribution >= 4 is 44.6 Å². The highest BCUT2D eigenvalue weighted by atomic mass is 79.9. The number of thioether (sulfide) groups is 2. The minimum atomic E-state index is 0.652. The van der Waals surface area contributed by atoms with E-state index >= 15 is 0 Å². The summed E-state index contributed by atoms with van der Waals surface area (Å²) in [7, 11) is 2.21. The molecule has 86 valence electrons. The van der Waals surface area contributed by atoms with Crippen LogP contribution < -0.4 is 0 Å². The Hall–Kier alpha value is 0.650. The summed E-state index contributed by atoms with van der Waals surface area (Å²) in [6.45, 7) is 0.982. The Morgan fingerprint density at radius 3 is 3.07 bits per heavy atom. The fourth-order valence-electron chi connectivity index (χ4n) is 1.86. The first-order chi connectivity index (χ1) is 7.31. The predicted octanol–water partition coefficient (Wildman–Crippen LogP) is 2.68. The molecule has 0 aromatic heterocycles. The zero-order chi connectivity index (χ0) is 10.7. The van der Waals surface area contributed by atoms with E-state index in [-0.39, 0.29) is 0 Å². The molecule has 0 amide bonds. The van der Waals surface area contributed by atoms with E-state index in [1.807, 2.05) is 11.8 Å². The van der Waals surface area contributed by atoms with Crippen LogP contribution in [-0.4, -0.2) is 51.8 Å². The van der Waals surface area contributed by atoms with Gasteiger partial charge in [-0.2, -0.15) is 11.8 Å². The van der Waals surface area contributed by atoms with E-state index in [2.05, 4.69) is 44.6 Å². The van der Waals surface area contributed by atoms with Gasteiger partial charge in [0.2, 0.25) is 0 Å². The molecule has 2 heterocycles. The van der Waals surface area contributed by atoms with Crippen molar-refractivity contribution in [3.05, 3.63) is 0 Å². The lowest BCUT2D eigenvalue weighted by Crippen LogP contribution is -2.38. The predicted molar refractivity (Wildman–Crippen MR) is 75.6 cm³/mol. The molecule has 2 atom stereocenters. The maximum absolute atomic E-state index is 4.63. The van der Waals surface area contributed by atoms with Gasteiger partial charge in [-0.15, -0.1) is 0 Å². The van der Waals surface area contributed by atoms with Crippen LogP contribution in [0.15, 0.2) is 4.99 Å². The van der Waals surface area contributed by atoms with Crippen molar-refractivity contribution < 1.29 is 0 Å². The first-order valence-corrected chi connectivity index (χ1v) is 8.54. The topological polar surface area (TPSA) is 15.6 Å². The lowest BCUT2D eigenvalue weighted by Gasteiger charge is -2.32. The van der Waals surface area contributed by atoms with Crippen LogP contribution in [0, 0.1) is 0 Å². The van der Waals surface area contributed by atoms with Crippen molar-refractivity contribution in [1.29, 1.82) is 0 Å². The third-order valence-corrected chi connectivity index (χ3v) is 6.55. The summed E-state index contributed by atoms with van der Waals surface area (Å²) in [6.07, 6.45) is 2.70. The molecule has 0 bridgehead atoms. The fourth-order valence-corrected chi connectivity index (χ4v) is 4.64. The molecule has 5 heteroatoms. The molecule has 0 aromatic carbocycles. The van der Waals surface area contributed by atoms with Crippen molar-refractivity contribution in [2.24, 2.45) is 4.99 Å². The van der Waals surface area contributed by atoms with Gasteiger partial charge in [0.15, 0.2) is 5.17 Å². The molecule has 15 heavy (non-hydrogen) atoms. The average molecular weight is 309 g/mol. The summed E-state index contributed by atoms with van der Waals surface area (Å²) in [5, 5.41) is 2.96. The third-order valence-electron chi connectivity index (χ3n) is 2.86. The SMILES string of the molecule is CN(C1=NCC(CBr)S1)C1CCCSC1. The van der Waals surface area contributed by atoms with E-state index in [1.54, 1.807) is 0 Å². The Kier molecular flexibility index (Phi) is 4.70. The van der Waals surface area contributed by atoms with Gasteiger partial charge in [-0.05, 0) is 18.6 Å². The highest BCUT2D eigenvalue weighted by molar-refractivity contribution is 9.09. The first-order valence-electron chi connectivity index (χ1n) is 5.39. The van der Waals surface area contributed by atoms with E-state index in [0.29, 0.717) is 11.3 Å². The number of aliphatic imine (C=N–C) groups is 1. The molecule has 1 saturated heterocycles. The van der Waals surface area contributed by atoms with E-state index in [0.717, 1.165) is 11.9 Å². The van der Waals surface area contributed by atoms with Crippen LogP contribution in [0.3, 0.4) is 0 Å². The monoisotopic (exact) mass is 308 g/mol. The second kappa shape index (κ2) is 5.82. The normalized spacial score (nSPS) is 31.5. The van der Waals surface area contributed by atoms with Crippen LogP contribution >= 0.6 is 39.5 Å². The number of hydrogen-bond donors (Lipinski definition) is 0. The second-order valence-electron chi connectivity index (χ2n) is 4.00. The van der Waals surface area contributed by atoms with Crippen LogP contribution in [0.5, 0.6) is 0 Å². The zero-order valence-corrected chi connectivity index (χ0v) is 12.2. The van der Waals surface area contributed by atoms with Gasteiger partial charge in [-0.25, -0.2) is 0 Å².